The van der Waals surface area contributed by atoms with Crippen molar-refractivity contribution in [2.24, 2.45) is 0 Å². The van der Waals surface area contributed by atoms with Gasteiger partial charge in [0.1, 0.15) is 11.6 Å². The van der Waals surface area contributed by atoms with E-state index in [4.69, 9.17) is 11.6 Å². The van der Waals surface area contributed by atoms with Crippen LogP contribution in [0.25, 0.3) is 0 Å². The SMILES string of the molecule is CCc1c(C)nc(Cc2ccccc2Cl)nc1NC. The second kappa shape index (κ2) is 6.02. The zero-order valence-electron chi connectivity index (χ0n) is 11.5. The van der Waals surface area contributed by atoms with Crippen LogP contribution in [0.3, 0.4) is 0 Å². The van der Waals surface area contributed by atoms with E-state index in [2.05, 4.69) is 22.2 Å². The van der Waals surface area contributed by atoms with Crippen LogP contribution >= 0.6 is 11.6 Å². The molecule has 2 rings (SSSR count). The highest BCUT2D eigenvalue weighted by molar-refractivity contribution is 6.31. The molecule has 0 aliphatic rings. The molecule has 0 aliphatic heterocycles. The number of benzene rings is 1. The minimum absolute atomic E-state index is 0.652. The summed E-state index contributed by atoms with van der Waals surface area (Å²) in [5.41, 5.74) is 3.25. The zero-order valence-corrected chi connectivity index (χ0v) is 12.3. The number of rotatable bonds is 4. The Kier molecular flexibility index (Phi) is 4.38. The maximum Gasteiger partial charge on any atom is 0.135 e. The van der Waals surface area contributed by atoms with E-state index in [0.717, 1.165) is 34.3 Å². The molecule has 0 bridgehead atoms. The minimum atomic E-state index is 0.652. The van der Waals surface area contributed by atoms with E-state index in [0.29, 0.717) is 6.42 Å². The predicted octanol–water partition coefficient (Wildman–Crippen LogP) is 3.63. The summed E-state index contributed by atoms with van der Waals surface area (Å²) < 4.78 is 0. The van der Waals surface area contributed by atoms with Gasteiger partial charge in [0.2, 0.25) is 0 Å². The first-order chi connectivity index (χ1) is 9.15. The first kappa shape index (κ1) is 13.8. The van der Waals surface area contributed by atoms with Crippen LogP contribution in [0.4, 0.5) is 5.82 Å². The normalized spacial score (nSPS) is 10.5. The van der Waals surface area contributed by atoms with E-state index < -0.39 is 0 Å². The standard InChI is InChI=1S/C15H18ClN3/c1-4-12-10(2)18-14(19-15(12)17-3)9-11-7-5-6-8-13(11)16/h5-8H,4,9H2,1-3H3,(H,17,18,19). The fraction of sp³-hybridized carbons (Fsp3) is 0.333. The Balaban J connectivity index is 2.36. The fourth-order valence-electron chi connectivity index (χ4n) is 2.18. The van der Waals surface area contributed by atoms with Crippen LogP contribution in [-0.4, -0.2) is 17.0 Å². The van der Waals surface area contributed by atoms with E-state index in [-0.39, 0.29) is 0 Å². The number of hydrogen-bond acceptors (Lipinski definition) is 3. The smallest absolute Gasteiger partial charge is 0.135 e. The molecule has 0 radical (unpaired) electrons. The van der Waals surface area contributed by atoms with Gasteiger partial charge in [0.05, 0.1) is 0 Å². The largest absolute Gasteiger partial charge is 0.373 e. The van der Waals surface area contributed by atoms with Gasteiger partial charge in [0, 0.05) is 29.7 Å². The van der Waals surface area contributed by atoms with Crippen LogP contribution in [0, 0.1) is 6.92 Å². The summed E-state index contributed by atoms with van der Waals surface area (Å²) in [6.07, 6.45) is 1.58. The number of aromatic nitrogens is 2. The molecule has 2 aromatic rings. The van der Waals surface area contributed by atoms with Gasteiger partial charge in [0.15, 0.2) is 0 Å². The van der Waals surface area contributed by atoms with E-state index >= 15 is 0 Å². The summed E-state index contributed by atoms with van der Waals surface area (Å²) in [6, 6.07) is 7.81. The first-order valence-electron chi connectivity index (χ1n) is 6.43. The van der Waals surface area contributed by atoms with Gasteiger partial charge in [-0.2, -0.15) is 0 Å². The van der Waals surface area contributed by atoms with Crippen molar-refractivity contribution in [3.05, 3.63) is 51.9 Å². The second-order valence-corrected chi connectivity index (χ2v) is 4.83. The molecule has 1 N–H and O–H groups in total. The highest BCUT2D eigenvalue weighted by Gasteiger charge is 2.10. The van der Waals surface area contributed by atoms with E-state index in [1.807, 2.05) is 38.2 Å². The predicted molar refractivity (Wildman–Crippen MR) is 80.0 cm³/mol. The Morgan fingerprint density at radius 1 is 1.21 bits per heavy atom. The van der Waals surface area contributed by atoms with Crippen LogP contribution in [0.2, 0.25) is 5.02 Å². The minimum Gasteiger partial charge on any atom is -0.373 e. The van der Waals surface area contributed by atoms with Crippen LogP contribution in [-0.2, 0) is 12.8 Å². The van der Waals surface area contributed by atoms with Gasteiger partial charge in [-0.05, 0) is 25.0 Å². The van der Waals surface area contributed by atoms with Crippen molar-refractivity contribution in [3.8, 4) is 0 Å². The van der Waals surface area contributed by atoms with Gasteiger partial charge in [-0.3, -0.25) is 0 Å². The van der Waals surface area contributed by atoms with Crippen LogP contribution in [0.15, 0.2) is 24.3 Å². The molecular weight excluding hydrogens is 258 g/mol. The summed E-state index contributed by atoms with van der Waals surface area (Å²) >= 11 is 6.17. The summed E-state index contributed by atoms with van der Waals surface area (Å²) in [5.74, 6) is 1.71. The molecule has 0 saturated heterocycles. The van der Waals surface area contributed by atoms with Crippen LogP contribution in [0.1, 0.15) is 29.6 Å². The summed E-state index contributed by atoms with van der Waals surface area (Å²) in [7, 11) is 1.89. The van der Waals surface area contributed by atoms with Gasteiger partial charge >= 0.3 is 0 Å². The van der Waals surface area contributed by atoms with Crippen molar-refractivity contribution in [1.82, 2.24) is 9.97 Å². The molecule has 0 atom stereocenters. The molecule has 0 spiro atoms. The van der Waals surface area contributed by atoms with Gasteiger partial charge < -0.3 is 5.32 Å². The van der Waals surface area contributed by atoms with Gasteiger partial charge in [-0.1, -0.05) is 36.7 Å². The Labute approximate surface area is 119 Å². The van der Waals surface area contributed by atoms with Crippen molar-refractivity contribution in [1.29, 1.82) is 0 Å². The second-order valence-electron chi connectivity index (χ2n) is 4.42. The number of hydrogen-bond donors (Lipinski definition) is 1. The zero-order chi connectivity index (χ0) is 13.8. The van der Waals surface area contributed by atoms with E-state index in [9.17, 15) is 0 Å². The molecule has 0 aliphatic carbocycles. The molecule has 4 heteroatoms. The lowest BCUT2D eigenvalue weighted by Crippen LogP contribution is -2.07. The molecule has 1 aromatic heterocycles. The molecule has 0 fully saturated rings. The lowest BCUT2D eigenvalue weighted by Gasteiger charge is -2.12. The van der Waals surface area contributed by atoms with E-state index in [1.54, 1.807) is 0 Å². The first-order valence-corrected chi connectivity index (χ1v) is 6.81. The Bertz CT molecular complexity index is 582. The number of anilines is 1. The topological polar surface area (TPSA) is 37.8 Å². The average molecular weight is 276 g/mol. The highest BCUT2D eigenvalue weighted by Crippen LogP contribution is 2.21. The van der Waals surface area contributed by atoms with Crippen LogP contribution < -0.4 is 5.32 Å². The lowest BCUT2D eigenvalue weighted by atomic mass is 10.1. The maximum absolute atomic E-state index is 6.17. The maximum atomic E-state index is 6.17. The van der Waals surface area contributed by atoms with Crippen molar-refractivity contribution in [3.63, 3.8) is 0 Å². The number of nitrogens with one attached hydrogen (secondary N) is 1. The van der Waals surface area contributed by atoms with Crippen molar-refractivity contribution >= 4 is 17.4 Å². The van der Waals surface area contributed by atoms with Crippen molar-refractivity contribution in [2.75, 3.05) is 12.4 Å². The molecular formula is C15H18ClN3. The fourth-order valence-corrected chi connectivity index (χ4v) is 2.38. The average Bonchev–Trinajstić information content (AvgIpc) is 2.40. The quantitative estimate of drug-likeness (QED) is 0.926. The van der Waals surface area contributed by atoms with E-state index in [1.165, 1.54) is 5.56 Å². The van der Waals surface area contributed by atoms with Crippen LogP contribution in [0.5, 0.6) is 0 Å². The molecule has 19 heavy (non-hydrogen) atoms. The number of nitrogens with zero attached hydrogens (tertiary/aromatic N) is 2. The Morgan fingerprint density at radius 3 is 2.58 bits per heavy atom. The molecule has 1 aromatic carbocycles. The van der Waals surface area contributed by atoms with Gasteiger partial charge in [-0.15, -0.1) is 0 Å². The van der Waals surface area contributed by atoms with Crippen molar-refractivity contribution in [2.45, 2.75) is 26.7 Å². The summed E-state index contributed by atoms with van der Waals surface area (Å²) in [6.45, 7) is 4.14. The van der Waals surface area contributed by atoms with Gasteiger partial charge in [-0.25, -0.2) is 9.97 Å². The lowest BCUT2D eigenvalue weighted by molar-refractivity contribution is 0.908. The van der Waals surface area contributed by atoms with Gasteiger partial charge in [0.25, 0.3) is 0 Å². The molecule has 0 saturated carbocycles. The summed E-state index contributed by atoms with van der Waals surface area (Å²) in [4.78, 5) is 9.16. The number of aryl methyl sites for hydroxylation is 1. The molecule has 100 valence electrons. The molecule has 1 heterocycles. The Morgan fingerprint density at radius 2 is 1.95 bits per heavy atom. The summed E-state index contributed by atoms with van der Waals surface area (Å²) in [5, 5.41) is 3.90. The molecule has 0 unspecified atom stereocenters. The molecule has 3 nitrogen and oxygen atoms in total. The highest BCUT2D eigenvalue weighted by atomic mass is 35.5. The number of halogens is 1. The van der Waals surface area contributed by atoms with Crippen molar-refractivity contribution < 1.29 is 0 Å². The third-order valence-electron chi connectivity index (χ3n) is 3.16. The molecule has 0 amide bonds. The third-order valence-corrected chi connectivity index (χ3v) is 3.53. The third kappa shape index (κ3) is 3.04. The monoisotopic (exact) mass is 275 g/mol. The Hall–Kier alpha value is -1.61.